The minimum atomic E-state index is -0.888. The molecule has 4 rings (SSSR count). The van der Waals surface area contributed by atoms with Crippen LogP contribution in [-0.4, -0.2) is 22.8 Å². The number of benzene rings is 3. The molecule has 34 heavy (non-hydrogen) atoms. The highest BCUT2D eigenvalue weighted by molar-refractivity contribution is 6.42. The third-order valence-corrected chi connectivity index (χ3v) is 5.24. The first-order valence-corrected chi connectivity index (χ1v) is 10.3. The SMILES string of the molecule is O=C1NC(=O)N(c2ccccc2Cl)C(=O)/C1=C/c1cccc(OCc2ccc([N+](=O)[O-])cc2)c1. The summed E-state index contributed by atoms with van der Waals surface area (Å²) < 4.78 is 5.73. The molecule has 4 amide bonds. The van der Waals surface area contributed by atoms with Gasteiger partial charge in [0.15, 0.2) is 0 Å². The minimum absolute atomic E-state index is 0.0166. The molecule has 0 atom stereocenters. The normalized spacial score (nSPS) is 14.8. The van der Waals surface area contributed by atoms with Gasteiger partial charge < -0.3 is 4.74 Å². The van der Waals surface area contributed by atoms with E-state index >= 15 is 0 Å². The van der Waals surface area contributed by atoms with Crippen LogP contribution in [0.2, 0.25) is 5.02 Å². The van der Waals surface area contributed by atoms with Gasteiger partial charge in [0.1, 0.15) is 17.9 Å². The van der Waals surface area contributed by atoms with Crippen LogP contribution in [0.25, 0.3) is 6.08 Å². The van der Waals surface area contributed by atoms with Crippen LogP contribution in [0.1, 0.15) is 11.1 Å². The lowest BCUT2D eigenvalue weighted by Gasteiger charge is -2.27. The first-order valence-electron chi connectivity index (χ1n) is 9.95. The molecular formula is C24H16ClN3O6. The number of halogens is 1. The molecule has 1 N–H and O–H groups in total. The van der Waals surface area contributed by atoms with Crippen molar-refractivity contribution in [2.24, 2.45) is 0 Å². The van der Waals surface area contributed by atoms with Gasteiger partial charge in [-0.3, -0.25) is 25.0 Å². The maximum Gasteiger partial charge on any atom is 0.335 e. The van der Waals surface area contributed by atoms with Gasteiger partial charge in [0, 0.05) is 12.1 Å². The summed E-state index contributed by atoms with van der Waals surface area (Å²) >= 11 is 6.13. The first-order chi connectivity index (χ1) is 16.3. The first kappa shape index (κ1) is 22.7. The Bertz CT molecular complexity index is 1340. The maximum absolute atomic E-state index is 13.0. The lowest BCUT2D eigenvalue weighted by Crippen LogP contribution is -2.54. The van der Waals surface area contributed by atoms with Crippen molar-refractivity contribution in [3.63, 3.8) is 0 Å². The summed E-state index contributed by atoms with van der Waals surface area (Å²) in [6, 6.07) is 18.0. The Labute approximate surface area is 198 Å². The van der Waals surface area contributed by atoms with Crippen molar-refractivity contribution in [1.29, 1.82) is 0 Å². The Balaban J connectivity index is 1.55. The smallest absolute Gasteiger partial charge is 0.335 e. The largest absolute Gasteiger partial charge is 0.489 e. The van der Waals surface area contributed by atoms with E-state index in [1.165, 1.54) is 30.3 Å². The second-order valence-electron chi connectivity index (χ2n) is 7.19. The lowest BCUT2D eigenvalue weighted by atomic mass is 10.1. The zero-order valence-corrected chi connectivity index (χ0v) is 18.2. The van der Waals surface area contributed by atoms with Crippen molar-refractivity contribution in [3.05, 3.63) is 105 Å². The number of para-hydroxylation sites is 1. The minimum Gasteiger partial charge on any atom is -0.489 e. The summed E-state index contributed by atoms with van der Waals surface area (Å²) in [6.45, 7) is 0.159. The molecule has 1 aliphatic heterocycles. The molecule has 9 nitrogen and oxygen atoms in total. The molecule has 1 heterocycles. The molecule has 0 bridgehead atoms. The van der Waals surface area contributed by atoms with Crippen molar-refractivity contribution >= 4 is 46.9 Å². The number of amides is 4. The van der Waals surface area contributed by atoms with Gasteiger partial charge in [0.05, 0.1) is 15.6 Å². The highest BCUT2D eigenvalue weighted by Gasteiger charge is 2.37. The number of nitro groups is 1. The van der Waals surface area contributed by atoms with Crippen LogP contribution in [0.5, 0.6) is 5.75 Å². The van der Waals surface area contributed by atoms with Gasteiger partial charge in [-0.05, 0) is 53.6 Å². The molecule has 10 heteroatoms. The number of rotatable bonds is 6. The van der Waals surface area contributed by atoms with Crippen LogP contribution in [-0.2, 0) is 16.2 Å². The maximum atomic E-state index is 13.0. The van der Waals surface area contributed by atoms with Gasteiger partial charge in [-0.15, -0.1) is 0 Å². The van der Waals surface area contributed by atoms with E-state index in [1.54, 1.807) is 48.5 Å². The second-order valence-corrected chi connectivity index (χ2v) is 7.60. The number of anilines is 1. The number of barbiturate groups is 1. The van der Waals surface area contributed by atoms with Gasteiger partial charge in [-0.2, -0.15) is 0 Å². The van der Waals surface area contributed by atoms with Crippen molar-refractivity contribution in [2.45, 2.75) is 6.61 Å². The van der Waals surface area contributed by atoms with E-state index < -0.39 is 22.8 Å². The van der Waals surface area contributed by atoms with Gasteiger partial charge in [-0.1, -0.05) is 35.9 Å². The van der Waals surface area contributed by atoms with Gasteiger partial charge in [0.2, 0.25) is 0 Å². The lowest BCUT2D eigenvalue weighted by molar-refractivity contribution is -0.384. The van der Waals surface area contributed by atoms with Crippen molar-refractivity contribution in [1.82, 2.24) is 5.32 Å². The van der Waals surface area contributed by atoms with Crippen LogP contribution in [0.15, 0.2) is 78.4 Å². The number of hydrogen-bond acceptors (Lipinski definition) is 6. The van der Waals surface area contributed by atoms with Crippen LogP contribution in [0, 0.1) is 10.1 Å². The number of carbonyl (C=O) groups excluding carboxylic acids is 3. The number of nitrogens with one attached hydrogen (secondary N) is 1. The van der Waals surface area contributed by atoms with E-state index in [2.05, 4.69) is 5.32 Å². The fourth-order valence-electron chi connectivity index (χ4n) is 3.25. The van der Waals surface area contributed by atoms with E-state index in [0.29, 0.717) is 11.3 Å². The van der Waals surface area contributed by atoms with Crippen LogP contribution in [0.4, 0.5) is 16.2 Å². The van der Waals surface area contributed by atoms with Crippen molar-refractivity contribution in [2.75, 3.05) is 4.90 Å². The number of carbonyl (C=O) groups is 3. The molecule has 3 aromatic carbocycles. The molecule has 0 radical (unpaired) electrons. The third kappa shape index (κ3) is 4.79. The Kier molecular flexibility index (Phi) is 6.37. The van der Waals surface area contributed by atoms with E-state index in [-0.39, 0.29) is 28.6 Å². The zero-order chi connectivity index (χ0) is 24.2. The monoisotopic (exact) mass is 477 g/mol. The van der Waals surface area contributed by atoms with Crippen molar-refractivity contribution < 1.29 is 24.0 Å². The molecule has 0 aliphatic carbocycles. The summed E-state index contributed by atoms with van der Waals surface area (Å²) in [6.07, 6.45) is 1.35. The Hall–Kier alpha value is -4.50. The number of urea groups is 1. The van der Waals surface area contributed by atoms with Gasteiger partial charge in [0.25, 0.3) is 17.5 Å². The number of imide groups is 2. The highest BCUT2D eigenvalue weighted by atomic mass is 35.5. The number of hydrogen-bond donors (Lipinski definition) is 1. The molecule has 0 saturated carbocycles. The Morgan fingerprint density at radius 1 is 1.00 bits per heavy atom. The van der Waals surface area contributed by atoms with E-state index in [1.807, 2.05) is 0 Å². The fraction of sp³-hybridized carbons (Fsp3) is 0.0417. The molecule has 0 spiro atoms. The summed E-state index contributed by atoms with van der Waals surface area (Å²) in [7, 11) is 0. The average Bonchev–Trinajstić information content (AvgIpc) is 2.82. The second kappa shape index (κ2) is 9.55. The van der Waals surface area contributed by atoms with Gasteiger partial charge in [-0.25, -0.2) is 9.69 Å². The molecule has 1 aliphatic rings. The van der Waals surface area contributed by atoms with E-state index in [0.717, 1.165) is 10.5 Å². The summed E-state index contributed by atoms with van der Waals surface area (Å²) in [5, 5.41) is 13.1. The number of non-ortho nitro benzene ring substituents is 1. The molecule has 3 aromatic rings. The Morgan fingerprint density at radius 3 is 2.44 bits per heavy atom. The van der Waals surface area contributed by atoms with Crippen LogP contribution >= 0.6 is 11.6 Å². The number of nitro benzene ring substituents is 1. The number of ether oxygens (including phenoxy) is 1. The molecule has 0 unspecified atom stereocenters. The average molecular weight is 478 g/mol. The van der Waals surface area contributed by atoms with Crippen LogP contribution < -0.4 is 15.0 Å². The molecule has 170 valence electrons. The zero-order valence-electron chi connectivity index (χ0n) is 17.4. The fourth-order valence-corrected chi connectivity index (χ4v) is 3.47. The summed E-state index contributed by atoms with van der Waals surface area (Å²) in [5.41, 5.74) is 1.12. The standard InChI is InChI=1S/C24H16ClN3O6/c25-20-6-1-2-7-21(20)27-23(30)19(22(29)26-24(27)31)13-16-4-3-5-18(12-16)34-14-15-8-10-17(11-9-15)28(32)33/h1-13H,14H2,(H,26,29,31)/b19-13+. The topological polar surface area (TPSA) is 119 Å². The molecule has 1 fully saturated rings. The molecule has 1 saturated heterocycles. The van der Waals surface area contributed by atoms with E-state index in [9.17, 15) is 24.5 Å². The highest BCUT2D eigenvalue weighted by Crippen LogP contribution is 2.29. The summed E-state index contributed by atoms with van der Waals surface area (Å²) in [5.74, 6) is -1.18. The predicted molar refractivity (Wildman–Crippen MR) is 124 cm³/mol. The Morgan fingerprint density at radius 2 is 1.74 bits per heavy atom. The van der Waals surface area contributed by atoms with Gasteiger partial charge >= 0.3 is 6.03 Å². The number of nitrogens with zero attached hydrogens (tertiary/aromatic N) is 2. The molecular weight excluding hydrogens is 462 g/mol. The van der Waals surface area contributed by atoms with E-state index in [4.69, 9.17) is 16.3 Å². The predicted octanol–water partition coefficient (Wildman–Crippen LogP) is 4.49. The summed E-state index contributed by atoms with van der Waals surface area (Å²) in [4.78, 5) is 48.8. The van der Waals surface area contributed by atoms with Crippen molar-refractivity contribution in [3.8, 4) is 5.75 Å². The quantitative estimate of drug-likeness (QED) is 0.242. The molecule has 0 aromatic heterocycles. The van der Waals surface area contributed by atoms with Crippen LogP contribution in [0.3, 0.4) is 0 Å². The third-order valence-electron chi connectivity index (χ3n) is 4.92.